The van der Waals surface area contributed by atoms with Gasteiger partial charge in [0, 0.05) is 46.0 Å². The molecule has 1 aromatic carbocycles. The fourth-order valence-corrected chi connectivity index (χ4v) is 3.38. The van der Waals surface area contributed by atoms with Crippen LogP contribution in [-0.4, -0.2) is 69.8 Å². The quantitative estimate of drug-likeness (QED) is 0.753. The number of hydrogen-bond donors (Lipinski definition) is 2. The number of carbonyl (C=O) groups excluding carboxylic acids is 1. The predicted molar refractivity (Wildman–Crippen MR) is 104 cm³/mol. The molecule has 1 atom stereocenters. The summed E-state index contributed by atoms with van der Waals surface area (Å²) in [4.78, 5) is 14.6. The Hall–Kier alpha value is -0.900. The average molecular weight is 413 g/mol. The monoisotopic (exact) mass is 412 g/mol. The first-order chi connectivity index (χ1) is 10.8. The van der Waals surface area contributed by atoms with Gasteiger partial charge < -0.3 is 10.6 Å². The van der Waals surface area contributed by atoms with Gasteiger partial charge in [0.1, 0.15) is 0 Å². The number of hydrogen-bond acceptors (Lipinski definition) is 5. The number of benzene rings is 1. The van der Waals surface area contributed by atoms with Gasteiger partial charge in [0.2, 0.25) is 15.9 Å². The molecule has 1 aromatic rings. The molecule has 1 aliphatic heterocycles. The van der Waals surface area contributed by atoms with Crippen LogP contribution in [0, 0.1) is 0 Å². The Bertz CT molecular complexity index is 664. The zero-order chi connectivity index (χ0) is 17.0. The van der Waals surface area contributed by atoms with Crippen molar-refractivity contribution in [2.75, 3.05) is 45.6 Å². The zero-order valence-electron chi connectivity index (χ0n) is 14.6. The molecule has 0 radical (unpaired) electrons. The Kier molecular flexibility index (Phi) is 9.93. The number of piperazine rings is 1. The van der Waals surface area contributed by atoms with Gasteiger partial charge in [-0.15, -0.1) is 24.8 Å². The summed E-state index contributed by atoms with van der Waals surface area (Å²) >= 11 is 0. The number of amides is 1. The van der Waals surface area contributed by atoms with Crippen LogP contribution in [-0.2, 0) is 14.8 Å². The van der Waals surface area contributed by atoms with E-state index in [1.807, 2.05) is 6.92 Å². The second-order valence-corrected chi connectivity index (χ2v) is 7.92. The lowest BCUT2D eigenvalue weighted by atomic mass is 10.2. The summed E-state index contributed by atoms with van der Waals surface area (Å²) in [7, 11) is -0.554. The number of sulfonamides is 1. The molecule has 1 unspecified atom stereocenters. The average Bonchev–Trinajstić information content (AvgIpc) is 2.55. The molecule has 10 heteroatoms. The first-order valence-electron chi connectivity index (χ1n) is 7.60. The molecule has 1 fully saturated rings. The molecule has 2 N–H and O–H groups in total. The molecule has 1 saturated heterocycles. The van der Waals surface area contributed by atoms with Crippen LogP contribution < -0.4 is 10.6 Å². The lowest BCUT2D eigenvalue weighted by Gasteiger charge is -2.31. The topological polar surface area (TPSA) is 81.8 Å². The maximum atomic E-state index is 12.4. The van der Waals surface area contributed by atoms with E-state index in [4.69, 9.17) is 0 Å². The summed E-state index contributed by atoms with van der Waals surface area (Å²) < 4.78 is 25.4. The van der Waals surface area contributed by atoms with Crippen LogP contribution in [0.2, 0.25) is 0 Å². The fraction of sp³-hybridized carbons (Fsp3) is 0.533. The van der Waals surface area contributed by atoms with E-state index < -0.39 is 10.0 Å². The minimum Gasteiger partial charge on any atom is -0.325 e. The number of rotatable bonds is 5. The first kappa shape index (κ1) is 24.1. The van der Waals surface area contributed by atoms with Crippen molar-refractivity contribution in [3.63, 3.8) is 0 Å². The third-order valence-corrected chi connectivity index (χ3v) is 5.77. The molecule has 0 bridgehead atoms. The van der Waals surface area contributed by atoms with Gasteiger partial charge in [0.25, 0.3) is 0 Å². The van der Waals surface area contributed by atoms with Crippen LogP contribution in [0.1, 0.15) is 6.92 Å². The molecule has 1 heterocycles. The number of carbonyl (C=O) groups is 1. The summed E-state index contributed by atoms with van der Waals surface area (Å²) in [5.74, 6) is -0.133. The van der Waals surface area contributed by atoms with Crippen molar-refractivity contribution >= 4 is 46.4 Å². The van der Waals surface area contributed by atoms with E-state index in [1.54, 1.807) is 12.1 Å². The van der Waals surface area contributed by atoms with Crippen molar-refractivity contribution in [1.29, 1.82) is 0 Å². The largest absolute Gasteiger partial charge is 0.325 e. The van der Waals surface area contributed by atoms with Crippen molar-refractivity contribution in [2.45, 2.75) is 17.9 Å². The van der Waals surface area contributed by atoms with E-state index in [9.17, 15) is 13.2 Å². The minimum atomic E-state index is -3.51. The van der Waals surface area contributed by atoms with Gasteiger partial charge >= 0.3 is 0 Å². The highest BCUT2D eigenvalue weighted by molar-refractivity contribution is 7.89. The van der Waals surface area contributed by atoms with Gasteiger partial charge in [0.15, 0.2) is 0 Å². The Morgan fingerprint density at radius 3 is 2.40 bits per heavy atom. The lowest BCUT2D eigenvalue weighted by Crippen LogP contribution is -2.51. The molecular weight excluding hydrogens is 387 g/mol. The third kappa shape index (κ3) is 6.09. The maximum Gasteiger partial charge on any atom is 0.242 e. The van der Waals surface area contributed by atoms with E-state index in [0.29, 0.717) is 5.69 Å². The van der Waals surface area contributed by atoms with Gasteiger partial charge in [0.05, 0.1) is 10.9 Å². The number of nitrogens with zero attached hydrogens (tertiary/aromatic N) is 2. The van der Waals surface area contributed by atoms with Crippen LogP contribution >= 0.6 is 24.8 Å². The van der Waals surface area contributed by atoms with Gasteiger partial charge in [-0.2, -0.15) is 0 Å². The summed E-state index contributed by atoms with van der Waals surface area (Å²) in [5, 5.41) is 6.05. The Labute approximate surface area is 162 Å². The molecule has 0 aromatic heterocycles. The van der Waals surface area contributed by atoms with E-state index in [-0.39, 0.29) is 41.7 Å². The van der Waals surface area contributed by atoms with E-state index in [0.717, 1.165) is 30.5 Å². The zero-order valence-corrected chi connectivity index (χ0v) is 17.0. The Morgan fingerprint density at radius 1 is 1.24 bits per heavy atom. The lowest BCUT2D eigenvalue weighted by molar-refractivity contribution is -0.120. The van der Waals surface area contributed by atoms with E-state index >= 15 is 0 Å². The summed E-state index contributed by atoms with van der Waals surface area (Å²) in [6.45, 7) is 5.25. The van der Waals surface area contributed by atoms with Crippen LogP contribution in [0.15, 0.2) is 29.2 Å². The molecule has 1 amide bonds. The SMILES string of the molecule is CC(C(=O)Nc1cccc(S(=O)(=O)N(C)C)c1)N1CCNCC1.Cl.Cl. The van der Waals surface area contributed by atoms with Crippen molar-refractivity contribution in [1.82, 2.24) is 14.5 Å². The van der Waals surface area contributed by atoms with Crippen LogP contribution in [0.5, 0.6) is 0 Å². The third-order valence-electron chi connectivity index (χ3n) is 3.96. The van der Waals surface area contributed by atoms with Crippen LogP contribution in [0.4, 0.5) is 5.69 Å². The summed E-state index contributed by atoms with van der Waals surface area (Å²) in [5.41, 5.74) is 0.486. The summed E-state index contributed by atoms with van der Waals surface area (Å²) in [6.07, 6.45) is 0. The van der Waals surface area contributed by atoms with Crippen molar-refractivity contribution in [2.24, 2.45) is 0 Å². The molecule has 25 heavy (non-hydrogen) atoms. The van der Waals surface area contributed by atoms with Crippen LogP contribution in [0.3, 0.4) is 0 Å². The van der Waals surface area contributed by atoms with E-state index in [1.165, 1.54) is 26.2 Å². The Balaban J connectivity index is 0.00000288. The predicted octanol–water partition coefficient (Wildman–Crippen LogP) is 1.01. The van der Waals surface area contributed by atoms with Crippen molar-refractivity contribution in [3.8, 4) is 0 Å². The van der Waals surface area contributed by atoms with Crippen molar-refractivity contribution < 1.29 is 13.2 Å². The molecule has 0 aliphatic carbocycles. The highest BCUT2D eigenvalue weighted by Gasteiger charge is 2.23. The molecule has 144 valence electrons. The molecule has 0 saturated carbocycles. The summed E-state index contributed by atoms with van der Waals surface area (Å²) in [6, 6.07) is 6.06. The number of nitrogens with one attached hydrogen (secondary N) is 2. The first-order valence-corrected chi connectivity index (χ1v) is 9.04. The van der Waals surface area contributed by atoms with E-state index in [2.05, 4.69) is 15.5 Å². The molecule has 7 nitrogen and oxygen atoms in total. The van der Waals surface area contributed by atoms with Gasteiger partial charge in [-0.05, 0) is 25.1 Å². The molecule has 0 spiro atoms. The maximum absolute atomic E-state index is 12.4. The Morgan fingerprint density at radius 2 is 1.84 bits per heavy atom. The fourth-order valence-electron chi connectivity index (χ4n) is 2.43. The highest BCUT2D eigenvalue weighted by atomic mass is 35.5. The molecule has 1 aliphatic rings. The highest BCUT2D eigenvalue weighted by Crippen LogP contribution is 2.18. The smallest absolute Gasteiger partial charge is 0.242 e. The van der Waals surface area contributed by atoms with Gasteiger partial charge in [-0.1, -0.05) is 6.07 Å². The minimum absolute atomic E-state index is 0. The normalized spacial score (nSPS) is 16.5. The van der Waals surface area contributed by atoms with Crippen molar-refractivity contribution in [3.05, 3.63) is 24.3 Å². The number of halogens is 2. The van der Waals surface area contributed by atoms with Gasteiger partial charge in [-0.3, -0.25) is 9.69 Å². The standard InChI is InChI=1S/C15H24N4O3S.2ClH/c1-12(19-9-7-16-8-10-19)15(20)17-13-5-4-6-14(11-13)23(21,22)18(2)3;;/h4-6,11-12,16H,7-10H2,1-3H3,(H,17,20);2*1H. The van der Waals surface area contributed by atoms with Crippen LogP contribution in [0.25, 0.3) is 0 Å². The molecule has 2 rings (SSSR count). The second-order valence-electron chi connectivity index (χ2n) is 5.77. The van der Waals surface area contributed by atoms with Gasteiger partial charge in [-0.25, -0.2) is 12.7 Å². The molecular formula is C15H26Cl2N4O3S. The number of anilines is 1. The second kappa shape index (κ2) is 10.3.